The summed E-state index contributed by atoms with van der Waals surface area (Å²) in [6.45, 7) is 0. The Morgan fingerprint density at radius 2 is 1.88 bits per heavy atom. The first-order chi connectivity index (χ1) is 12.7. The van der Waals surface area contributed by atoms with E-state index in [9.17, 15) is 0 Å². The quantitative estimate of drug-likeness (QED) is 0.372. The van der Waals surface area contributed by atoms with Crippen LogP contribution in [0.1, 0.15) is 5.89 Å². The minimum Gasteiger partial charge on any atom is -0.411 e. The molecule has 2 aromatic carbocycles. The molecule has 4 rings (SSSR count). The molecular formula is C17H10BrClN4O2S. The molecule has 2 heterocycles. The first-order valence-electron chi connectivity index (χ1n) is 7.48. The van der Waals surface area contributed by atoms with E-state index in [4.69, 9.17) is 20.5 Å². The summed E-state index contributed by atoms with van der Waals surface area (Å²) in [6.07, 6.45) is 0. The van der Waals surface area contributed by atoms with E-state index >= 15 is 0 Å². The standard InChI is InChI=1S/C17H10BrClN4O2S/c18-12-6-4-10(5-7-12)16-21-22-17(24-16)26-9-14-20-15(23-25-14)11-2-1-3-13(19)8-11/h1-8H,9H2. The van der Waals surface area contributed by atoms with Crippen molar-refractivity contribution in [3.8, 4) is 22.8 Å². The van der Waals surface area contributed by atoms with Gasteiger partial charge in [0.15, 0.2) is 0 Å². The zero-order valence-corrected chi connectivity index (χ0v) is 16.3. The molecule has 0 amide bonds. The zero-order valence-electron chi connectivity index (χ0n) is 13.1. The van der Waals surface area contributed by atoms with E-state index in [1.54, 1.807) is 12.1 Å². The van der Waals surface area contributed by atoms with E-state index < -0.39 is 0 Å². The van der Waals surface area contributed by atoms with Crippen molar-refractivity contribution >= 4 is 39.3 Å². The van der Waals surface area contributed by atoms with Crippen LogP contribution in [-0.4, -0.2) is 20.3 Å². The van der Waals surface area contributed by atoms with E-state index in [0.29, 0.717) is 33.6 Å². The third-order valence-electron chi connectivity index (χ3n) is 3.37. The van der Waals surface area contributed by atoms with Crippen LogP contribution in [0, 0.1) is 0 Å². The SMILES string of the molecule is Clc1cccc(-c2noc(CSc3nnc(-c4ccc(Br)cc4)o3)n2)c1. The summed E-state index contributed by atoms with van der Waals surface area (Å²) in [5, 5.41) is 13.1. The fourth-order valence-electron chi connectivity index (χ4n) is 2.16. The molecule has 0 unspecified atom stereocenters. The Labute approximate surface area is 166 Å². The lowest BCUT2D eigenvalue weighted by Gasteiger charge is -1.94. The summed E-state index contributed by atoms with van der Waals surface area (Å²) in [7, 11) is 0. The fourth-order valence-corrected chi connectivity index (χ4v) is 3.21. The van der Waals surface area contributed by atoms with Crippen LogP contribution < -0.4 is 0 Å². The van der Waals surface area contributed by atoms with Gasteiger partial charge in [-0.3, -0.25) is 0 Å². The topological polar surface area (TPSA) is 77.8 Å². The monoisotopic (exact) mass is 448 g/mol. The number of benzene rings is 2. The Morgan fingerprint density at radius 1 is 1.04 bits per heavy atom. The predicted molar refractivity (Wildman–Crippen MR) is 102 cm³/mol. The molecule has 0 bridgehead atoms. The molecule has 0 spiro atoms. The van der Waals surface area contributed by atoms with E-state index in [1.807, 2.05) is 36.4 Å². The molecule has 0 aliphatic carbocycles. The summed E-state index contributed by atoms with van der Waals surface area (Å²) in [5.74, 6) is 1.85. The Balaban J connectivity index is 1.43. The Kier molecular flexibility index (Phi) is 5.05. The molecule has 4 aromatic rings. The van der Waals surface area contributed by atoms with E-state index in [2.05, 4.69) is 36.3 Å². The van der Waals surface area contributed by atoms with Gasteiger partial charge in [-0.1, -0.05) is 56.6 Å². The van der Waals surface area contributed by atoms with E-state index in [1.165, 1.54) is 11.8 Å². The lowest BCUT2D eigenvalue weighted by molar-refractivity contribution is 0.391. The average molecular weight is 450 g/mol. The Bertz CT molecular complexity index is 1040. The first kappa shape index (κ1) is 17.3. The highest BCUT2D eigenvalue weighted by Gasteiger charge is 2.13. The molecule has 6 nitrogen and oxygen atoms in total. The lowest BCUT2D eigenvalue weighted by atomic mass is 10.2. The van der Waals surface area contributed by atoms with Crippen molar-refractivity contribution in [2.24, 2.45) is 0 Å². The smallest absolute Gasteiger partial charge is 0.277 e. The third kappa shape index (κ3) is 3.98. The summed E-state index contributed by atoms with van der Waals surface area (Å²) < 4.78 is 11.9. The fraction of sp³-hybridized carbons (Fsp3) is 0.0588. The molecule has 0 atom stereocenters. The molecule has 0 fully saturated rings. The van der Waals surface area contributed by atoms with Crippen molar-refractivity contribution in [3.63, 3.8) is 0 Å². The van der Waals surface area contributed by atoms with E-state index in [0.717, 1.165) is 15.6 Å². The van der Waals surface area contributed by atoms with Crippen LogP contribution >= 0.6 is 39.3 Å². The maximum atomic E-state index is 5.98. The second-order valence-corrected chi connectivity index (χ2v) is 7.47. The second-order valence-electron chi connectivity index (χ2n) is 5.19. The molecule has 0 radical (unpaired) electrons. The molecule has 2 aromatic heterocycles. The van der Waals surface area contributed by atoms with Crippen LogP contribution in [0.5, 0.6) is 0 Å². The number of thioether (sulfide) groups is 1. The Morgan fingerprint density at radius 3 is 2.69 bits per heavy atom. The number of nitrogens with zero attached hydrogens (tertiary/aromatic N) is 4. The van der Waals surface area contributed by atoms with Crippen LogP contribution in [0.15, 0.2) is 67.2 Å². The van der Waals surface area contributed by atoms with Crippen molar-refractivity contribution in [1.82, 2.24) is 20.3 Å². The van der Waals surface area contributed by atoms with E-state index in [-0.39, 0.29) is 0 Å². The maximum Gasteiger partial charge on any atom is 0.277 e. The van der Waals surface area contributed by atoms with Gasteiger partial charge in [-0.2, -0.15) is 4.98 Å². The van der Waals surface area contributed by atoms with Crippen LogP contribution in [-0.2, 0) is 5.75 Å². The van der Waals surface area contributed by atoms with Gasteiger partial charge in [0, 0.05) is 20.6 Å². The summed E-state index contributed by atoms with van der Waals surface area (Å²) >= 11 is 10.7. The van der Waals surface area contributed by atoms with Gasteiger partial charge in [0.05, 0.1) is 5.75 Å². The molecule has 0 aliphatic rings. The number of rotatable bonds is 5. The van der Waals surface area contributed by atoms with Crippen molar-refractivity contribution in [1.29, 1.82) is 0 Å². The normalized spacial score (nSPS) is 11.0. The number of hydrogen-bond acceptors (Lipinski definition) is 7. The predicted octanol–water partition coefficient (Wildman–Crippen LogP) is 5.49. The largest absolute Gasteiger partial charge is 0.411 e. The van der Waals surface area contributed by atoms with Gasteiger partial charge < -0.3 is 8.94 Å². The molecule has 0 saturated carbocycles. The number of aromatic nitrogens is 4. The molecule has 130 valence electrons. The van der Waals surface area contributed by atoms with Crippen LogP contribution in [0.25, 0.3) is 22.8 Å². The van der Waals surface area contributed by atoms with Gasteiger partial charge in [-0.05, 0) is 36.4 Å². The molecule has 26 heavy (non-hydrogen) atoms. The van der Waals surface area contributed by atoms with Gasteiger partial charge in [-0.25, -0.2) is 0 Å². The van der Waals surface area contributed by atoms with Gasteiger partial charge in [-0.15, -0.1) is 10.2 Å². The molecule has 0 aliphatic heterocycles. The minimum atomic E-state index is 0.426. The highest BCUT2D eigenvalue weighted by molar-refractivity contribution is 9.10. The van der Waals surface area contributed by atoms with Crippen LogP contribution in [0.4, 0.5) is 0 Å². The van der Waals surface area contributed by atoms with Crippen LogP contribution in [0.2, 0.25) is 5.02 Å². The van der Waals surface area contributed by atoms with Crippen molar-refractivity contribution < 1.29 is 8.94 Å². The molecule has 0 N–H and O–H groups in total. The van der Waals surface area contributed by atoms with Gasteiger partial charge in [0.25, 0.3) is 5.22 Å². The van der Waals surface area contributed by atoms with Gasteiger partial charge in [0.2, 0.25) is 17.6 Å². The highest BCUT2D eigenvalue weighted by atomic mass is 79.9. The van der Waals surface area contributed by atoms with Crippen molar-refractivity contribution in [2.75, 3.05) is 0 Å². The first-order valence-corrected chi connectivity index (χ1v) is 9.64. The highest BCUT2D eigenvalue weighted by Crippen LogP contribution is 2.27. The van der Waals surface area contributed by atoms with Gasteiger partial charge in [0.1, 0.15) is 0 Å². The maximum absolute atomic E-state index is 5.98. The summed E-state index contributed by atoms with van der Waals surface area (Å²) in [5.41, 5.74) is 1.65. The Hall–Kier alpha value is -2.16. The minimum absolute atomic E-state index is 0.426. The lowest BCUT2D eigenvalue weighted by Crippen LogP contribution is -1.83. The number of hydrogen-bond donors (Lipinski definition) is 0. The summed E-state index contributed by atoms with van der Waals surface area (Å²) in [6, 6.07) is 14.9. The molecular weight excluding hydrogens is 440 g/mol. The zero-order chi connectivity index (χ0) is 17.9. The van der Waals surface area contributed by atoms with Crippen LogP contribution in [0.3, 0.4) is 0 Å². The summed E-state index contributed by atoms with van der Waals surface area (Å²) in [4.78, 5) is 4.36. The average Bonchev–Trinajstić information content (AvgIpc) is 3.30. The third-order valence-corrected chi connectivity index (χ3v) is 4.93. The molecule has 0 saturated heterocycles. The van der Waals surface area contributed by atoms with Crippen molar-refractivity contribution in [3.05, 3.63) is 63.9 Å². The second kappa shape index (κ2) is 7.61. The van der Waals surface area contributed by atoms with Crippen molar-refractivity contribution in [2.45, 2.75) is 11.0 Å². The molecule has 9 heteroatoms. The van der Waals surface area contributed by atoms with Gasteiger partial charge >= 0.3 is 0 Å². The number of halogens is 2.